The van der Waals surface area contributed by atoms with Gasteiger partial charge in [-0.15, -0.1) is 0 Å². The van der Waals surface area contributed by atoms with Crippen LogP contribution in [0.1, 0.15) is 13.8 Å². The van der Waals surface area contributed by atoms with Crippen molar-refractivity contribution >= 4 is 27.5 Å². The number of carbonyl (C=O) groups is 1. The van der Waals surface area contributed by atoms with Crippen molar-refractivity contribution in [2.45, 2.75) is 30.4 Å². The number of nitrogens with zero attached hydrogens (tertiary/aromatic N) is 3. The van der Waals surface area contributed by atoms with Crippen molar-refractivity contribution < 1.29 is 27.1 Å². The van der Waals surface area contributed by atoms with Gasteiger partial charge in [0.15, 0.2) is 5.75 Å². The molecule has 3 aliphatic rings. The Bertz CT molecular complexity index is 1260. The molecule has 0 N–H and O–H groups in total. The molecule has 1 atom stereocenters. The third-order valence-corrected chi connectivity index (χ3v) is 8.11. The maximum atomic E-state index is 14.4. The van der Waals surface area contributed by atoms with Crippen molar-refractivity contribution in [3.05, 3.63) is 60.6 Å². The van der Waals surface area contributed by atoms with Crippen molar-refractivity contribution in [2.75, 3.05) is 35.4 Å². The van der Waals surface area contributed by atoms with E-state index in [0.29, 0.717) is 36.8 Å². The van der Waals surface area contributed by atoms with E-state index in [1.165, 1.54) is 18.2 Å². The summed E-state index contributed by atoms with van der Waals surface area (Å²) in [7, 11) is -4.20. The minimum atomic E-state index is -4.20. The zero-order chi connectivity index (χ0) is 23.5. The minimum absolute atomic E-state index is 0.126. The number of cyclic esters (lactones) is 1. The second-order valence-electron chi connectivity index (χ2n) is 8.83. The first-order chi connectivity index (χ1) is 15.6. The van der Waals surface area contributed by atoms with Gasteiger partial charge < -0.3 is 14.4 Å². The minimum Gasteiger partial charge on any atom is -0.456 e. The second-order valence-corrected chi connectivity index (χ2v) is 10.7. The largest absolute Gasteiger partial charge is 0.456 e. The van der Waals surface area contributed by atoms with E-state index < -0.39 is 26.3 Å². The summed E-state index contributed by atoms with van der Waals surface area (Å²) >= 11 is 0. The molecule has 0 aromatic heterocycles. The van der Waals surface area contributed by atoms with Crippen LogP contribution in [0.3, 0.4) is 0 Å². The van der Waals surface area contributed by atoms with Gasteiger partial charge in [-0.1, -0.05) is 24.8 Å². The Labute approximate surface area is 191 Å². The Morgan fingerprint density at radius 2 is 1.82 bits per heavy atom. The lowest BCUT2D eigenvalue weighted by atomic mass is 9.96. The van der Waals surface area contributed by atoms with Crippen LogP contribution in [0.5, 0.6) is 5.75 Å². The molecule has 33 heavy (non-hydrogen) atoms. The van der Waals surface area contributed by atoms with E-state index in [-0.39, 0.29) is 24.4 Å². The van der Waals surface area contributed by atoms with Gasteiger partial charge in [0.1, 0.15) is 22.1 Å². The molecule has 0 radical (unpaired) electrons. The number of para-hydroxylation sites is 1. The van der Waals surface area contributed by atoms with Crippen molar-refractivity contribution in [1.29, 1.82) is 0 Å². The first-order valence-corrected chi connectivity index (χ1v) is 12.0. The zero-order valence-corrected chi connectivity index (χ0v) is 19.1. The second kappa shape index (κ2) is 7.38. The molecular weight excluding hydrogens is 449 g/mol. The topological polar surface area (TPSA) is 79.4 Å². The van der Waals surface area contributed by atoms with Gasteiger partial charge >= 0.3 is 6.09 Å². The Hall–Kier alpha value is -3.27. The maximum Gasteiger partial charge on any atom is 0.410 e. The highest BCUT2D eigenvalue weighted by molar-refractivity contribution is 7.92. The monoisotopic (exact) mass is 473 g/mol. The lowest BCUT2D eigenvalue weighted by Crippen LogP contribution is -2.56. The van der Waals surface area contributed by atoms with Crippen LogP contribution in [-0.4, -0.2) is 57.2 Å². The molecule has 0 aliphatic carbocycles. The number of benzene rings is 2. The van der Waals surface area contributed by atoms with Crippen LogP contribution in [0, 0.1) is 5.82 Å². The van der Waals surface area contributed by atoms with E-state index in [2.05, 4.69) is 11.5 Å². The Morgan fingerprint density at radius 1 is 1.09 bits per heavy atom. The highest BCUT2D eigenvalue weighted by Crippen LogP contribution is 2.45. The lowest BCUT2D eigenvalue weighted by molar-refractivity contribution is 0.0680. The quantitative estimate of drug-likeness (QED) is 0.680. The van der Waals surface area contributed by atoms with E-state index in [4.69, 9.17) is 9.47 Å². The maximum absolute atomic E-state index is 14.4. The third kappa shape index (κ3) is 3.40. The van der Waals surface area contributed by atoms with Gasteiger partial charge in [-0.3, -0.25) is 9.21 Å². The predicted molar refractivity (Wildman–Crippen MR) is 120 cm³/mol. The standard InChI is InChI=1S/C23H24FN3O5S/c1-15-13-27(33(29,30)19-10-5-4-7-16(19)24)18-9-6-8-17(21(18)31-15)25-11-12-26-20(14-25)23(2,3)32-22(26)28/h4-10,20H,1,11-14H2,2-3H3. The van der Waals surface area contributed by atoms with Gasteiger partial charge in [0, 0.05) is 19.6 Å². The Balaban J connectivity index is 1.55. The van der Waals surface area contributed by atoms with Gasteiger partial charge in [-0.25, -0.2) is 17.6 Å². The fourth-order valence-corrected chi connectivity index (χ4v) is 6.16. The van der Waals surface area contributed by atoms with Gasteiger partial charge in [0.05, 0.1) is 24.0 Å². The number of anilines is 2. The highest BCUT2D eigenvalue weighted by atomic mass is 32.2. The smallest absolute Gasteiger partial charge is 0.410 e. The summed E-state index contributed by atoms with van der Waals surface area (Å²) < 4.78 is 53.8. The first kappa shape index (κ1) is 21.6. The molecule has 2 fully saturated rings. The van der Waals surface area contributed by atoms with Gasteiger partial charge in [0.25, 0.3) is 10.0 Å². The number of carbonyl (C=O) groups excluding carboxylic acids is 1. The molecule has 2 aromatic rings. The fourth-order valence-electron chi connectivity index (χ4n) is 4.64. The molecule has 2 saturated heterocycles. The zero-order valence-electron chi connectivity index (χ0n) is 18.3. The van der Waals surface area contributed by atoms with Crippen LogP contribution >= 0.6 is 0 Å². The van der Waals surface area contributed by atoms with Crippen LogP contribution in [0.25, 0.3) is 0 Å². The Kier molecular flexibility index (Phi) is 4.82. The fraction of sp³-hybridized carbons (Fsp3) is 0.348. The number of fused-ring (bicyclic) bond motifs is 2. The summed E-state index contributed by atoms with van der Waals surface area (Å²) in [4.78, 5) is 15.6. The number of halogens is 1. The average molecular weight is 474 g/mol. The molecule has 2 aromatic carbocycles. The number of piperazine rings is 1. The number of rotatable bonds is 3. The number of sulfonamides is 1. The van der Waals surface area contributed by atoms with E-state index in [1.807, 2.05) is 19.9 Å². The molecule has 1 unspecified atom stereocenters. The average Bonchev–Trinajstić information content (AvgIpc) is 3.00. The third-order valence-electron chi connectivity index (χ3n) is 6.32. The molecular formula is C23H24FN3O5S. The van der Waals surface area contributed by atoms with Crippen LogP contribution < -0.4 is 13.9 Å². The number of ether oxygens (including phenoxy) is 2. The van der Waals surface area contributed by atoms with Gasteiger partial charge in [-0.2, -0.15) is 0 Å². The molecule has 3 heterocycles. The van der Waals surface area contributed by atoms with E-state index in [1.54, 1.807) is 17.0 Å². The normalized spacial score (nSPS) is 21.9. The van der Waals surface area contributed by atoms with Crippen LogP contribution in [0.15, 0.2) is 59.7 Å². The predicted octanol–water partition coefficient (Wildman–Crippen LogP) is 3.35. The van der Waals surface area contributed by atoms with Crippen LogP contribution in [0.2, 0.25) is 0 Å². The molecule has 1 amide bonds. The highest BCUT2D eigenvalue weighted by Gasteiger charge is 2.50. The summed E-state index contributed by atoms with van der Waals surface area (Å²) in [6.07, 6.45) is -0.327. The van der Waals surface area contributed by atoms with Crippen molar-refractivity contribution in [2.24, 2.45) is 0 Å². The van der Waals surface area contributed by atoms with Gasteiger partial charge in [-0.05, 0) is 38.1 Å². The first-order valence-electron chi connectivity index (χ1n) is 10.6. The molecule has 0 bridgehead atoms. The molecule has 0 spiro atoms. The van der Waals surface area contributed by atoms with E-state index in [9.17, 15) is 17.6 Å². The lowest BCUT2D eigenvalue weighted by Gasteiger charge is -2.42. The van der Waals surface area contributed by atoms with Crippen LogP contribution in [-0.2, 0) is 14.8 Å². The molecule has 8 nitrogen and oxygen atoms in total. The van der Waals surface area contributed by atoms with Crippen molar-refractivity contribution in [3.8, 4) is 5.75 Å². The molecule has 0 saturated carbocycles. The van der Waals surface area contributed by atoms with Gasteiger partial charge in [0.2, 0.25) is 0 Å². The Morgan fingerprint density at radius 3 is 2.58 bits per heavy atom. The number of amides is 1. The van der Waals surface area contributed by atoms with E-state index in [0.717, 1.165) is 10.4 Å². The molecule has 5 rings (SSSR count). The molecule has 3 aliphatic heterocycles. The summed E-state index contributed by atoms with van der Waals surface area (Å²) in [6.45, 7) is 8.96. The summed E-state index contributed by atoms with van der Waals surface area (Å²) in [6, 6.07) is 10.3. The van der Waals surface area contributed by atoms with E-state index >= 15 is 0 Å². The SMILES string of the molecule is C=C1CN(S(=O)(=O)c2ccccc2F)c2cccc(N3CCN4C(=O)OC(C)(C)C4C3)c2O1. The molecule has 174 valence electrons. The number of hydrogen-bond donors (Lipinski definition) is 0. The van der Waals surface area contributed by atoms with Crippen molar-refractivity contribution in [1.82, 2.24) is 4.90 Å². The summed E-state index contributed by atoms with van der Waals surface area (Å²) in [5.41, 5.74) is 0.329. The molecule has 10 heteroatoms. The summed E-state index contributed by atoms with van der Waals surface area (Å²) in [5, 5.41) is 0. The number of hydrogen-bond acceptors (Lipinski definition) is 6. The summed E-state index contributed by atoms with van der Waals surface area (Å²) in [5.74, 6) is -0.255. The van der Waals surface area contributed by atoms with Crippen LogP contribution in [0.4, 0.5) is 20.6 Å². The van der Waals surface area contributed by atoms with Crippen molar-refractivity contribution in [3.63, 3.8) is 0 Å².